The third kappa shape index (κ3) is 1.73. The van der Waals surface area contributed by atoms with Gasteiger partial charge in [-0.2, -0.15) is 0 Å². The fraction of sp³-hybridized carbons (Fsp3) is 0. The molecule has 0 spiro atoms. The summed E-state index contributed by atoms with van der Waals surface area (Å²) in [5.74, 6) is -0.132. The largest absolute Gasteiger partial charge is 0.288 e. The first-order valence-corrected chi connectivity index (χ1v) is 6.74. The van der Waals surface area contributed by atoms with Gasteiger partial charge in [-0.15, -0.1) is 0 Å². The number of ketones is 1. The molecule has 3 heteroatoms. The smallest absolute Gasteiger partial charge is 0.203 e. The molecule has 0 bridgehead atoms. The second-order valence-corrected chi connectivity index (χ2v) is 5.43. The van der Waals surface area contributed by atoms with E-state index in [9.17, 15) is 9.00 Å². The number of carbonyl (C=O) groups is 1. The lowest BCUT2D eigenvalue weighted by Gasteiger charge is -1.95. The Morgan fingerprint density at radius 1 is 0.889 bits per heavy atom. The van der Waals surface area contributed by atoms with Crippen molar-refractivity contribution in [3.05, 3.63) is 70.6 Å². The number of fused-ring (bicyclic) bond motifs is 1. The van der Waals surface area contributed by atoms with E-state index < -0.39 is 10.8 Å². The summed E-state index contributed by atoms with van der Waals surface area (Å²) in [6, 6.07) is 16.5. The van der Waals surface area contributed by atoms with Crippen molar-refractivity contribution in [2.24, 2.45) is 0 Å². The van der Waals surface area contributed by atoms with Crippen LogP contribution in [0.5, 0.6) is 0 Å². The summed E-state index contributed by atoms with van der Waals surface area (Å²) in [5.41, 5.74) is 1.44. The molecule has 18 heavy (non-hydrogen) atoms. The van der Waals surface area contributed by atoms with Crippen LogP contribution in [0.2, 0.25) is 0 Å². The van der Waals surface area contributed by atoms with Gasteiger partial charge < -0.3 is 0 Å². The Balaban J connectivity index is 2.10. The second kappa shape index (κ2) is 4.35. The van der Waals surface area contributed by atoms with E-state index in [0.29, 0.717) is 15.4 Å². The molecule has 2 aromatic carbocycles. The topological polar surface area (TPSA) is 34.1 Å². The SMILES string of the molecule is O=C1C(=Cc2ccccc2)S(=O)c2ccccc21. The van der Waals surface area contributed by atoms with Gasteiger partial charge in [0.1, 0.15) is 0 Å². The highest BCUT2D eigenvalue weighted by molar-refractivity contribution is 7.91. The zero-order valence-corrected chi connectivity index (χ0v) is 10.3. The van der Waals surface area contributed by atoms with Gasteiger partial charge in [-0.1, -0.05) is 42.5 Å². The lowest BCUT2D eigenvalue weighted by molar-refractivity contribution is 0.104. The molecular weight excluding hydrogens is 244 g/mol. The summed E-state index contributed by atoms with van der Waals surface area (Å²) in [6.45, 7) is 0. The second-order valence-electron chi connectivity index (χ2n) is 4.01. The third-order valence-corrected chi connectivity index (χ3v) is 4.31. The van der Waals surface area contributed by atoms with E-state index in [1.165, 1.54) is 0 Å². The zero-order chi connectivity index (χ0) is 12.5. The molecule has 2 aromatic rings. The highest BCUT2D eigenvalue weighted by Gasteiger charge is 2.31. The first kappa shape index (κ1) is 11.1. The fourth-order valence-electron chi connectivity index (χ4n) is 1.97. The average Bonchev–Trinajstić information content (AvgIpc) is 2.66. The van der Waals surface area contributed by atoms with Crippen molar-refractivity contribution in [2.45, 2.75) is 4.90 Å². The Kier molecular flexibility index (Phi) is 2.68. The van der Waals surface area contributed by atoms with Crippen LogP contribution in [0.3, 0.4) is 0 Å². The summed E-state index contributed by atoms with van der Waals surface area (Å²) >= 11 is 0. The summed E-state index contributed by atoms with van der Waals surface area (Å²) in [4.78, 5) is 13.1. The van der Waals surface area contributed by atoms with Gasteiger partial charge in [-0.3, -0.25) is 4.79 Å². The van der Waals surface area contributed by atoms with Crippen LogP contribution in [0.1, 0.15) is 15.9 Å². The quantitative estimate of drug-likeness (QED) is 0.733. The summed E-state index contributed by atoms with van der Waals surface area (Å²) in [7, 11) is -1.35. The Morgan fingerprint density at radius 2 is 1.56 bits per heavy atom. The molecule has 0 saturated carbocycles. The van der Waals surface area contributed by atoms with Gasteiger partial charge in [-0.25, -0.2) is 4.21 Å². The third-order valence-electron chi connectivity index (χ3n) is 2.85. The van der Waals surface area contributed by atoms with Gasteiger partial charge in [-0.05, 0) is 23.8 Å². The molecule has 2 nitrogen and oxygen atoms in total. The molecule has 0 aromatic heterocycles. The number of hydrogen-bond acceptors (Lipinski definition) is 2. The standard InChI is InChI=1S/C15H10O2S/c16-15-12-8-4-5-9-13(12)18(17)14(15)10-11-6-2-1-3-7-11/h1-10H. The molecule has 1 aliphatic heterocycles. The van der Waals surface area contributed by atoms with Gasteiger partial charge in [0, 0.05) is 5.56 Å². The monoisotopic (exact) mass is 254 g/mol. The van der Waals surface area contributed by atoms with Crippen molar-refractivity contribution in [3.8, 4) is 0 Å². The van der Waals surface area contributed by atoms with Crippen LogP contribution in [-0.2, 0) is 10.8 Å². The summed E-state index contributed by atoms with van der Waals surface area (Å²) in [6.07, 6.45) is 1.71. The lowest BCUT2D eigenvalue weighted by Crippen LogP contribution is -1.96. The van der Waals surface area contributed by atoms with Crippen molar-refractivity contribution in [2.75, 3.05) is 0 Å². The molecule has 88 valence electrons. The Bertz CT molecular complexity index is 635. The lowest BCUT2D eigenvalue weighted by atomic mass is 10.1. The fourth-order valence-corrected chi connectivity index (χ4v) is 3.29. The van der Waals surface area contributed by atoms with Crippen LogP contribution >= 0.6 is 0 Å². The van der Waals surface area contributed by atoms with Crippen LogP contribution in [0, 0.1) is 0 Å². The summed E-state index contributed by atoms with van der Waals surface area (Å²) < 4.78 is 12.2. The zero-order valence-electron chi connectivity index (χ0n) is 9.50. The van der Waals surface area contributed by atoms with E-state index in [4.69, 9.17) is 0 Å². The van der Waals surface area contributed by atoms with Crippen LogP contribution in [0.15, 0.2) is 64.4 Å². The average molecular weight is 254 g/mol. The van der Waals surface area contributed by atoms with Crippen molar-refractivity contribution < 1.29 is 9.00 Å². The van der Waals surface area contributed by atoms with Crippen molar-refractivity contribution in [1.29, 1.82) is 0 Å². The Labute approximate surface area is 107 Å². The predicted octanol–water partition coefficient (Wildman–Crippen LogP) is 3.03. The Hall–Kier alpha value is -2.00. The van der Waals surface area contributed by atoms with Crippen LogP contribution in [0.4, 0.5) is 0 Å². The van der Waals surface area contributed by atoms with Gasteiger partial charge in [0.25, 0.3) is 0 Å². The number of hydrogen-bond donors (Lipinski definition) is 0. The molecule has 3 rings (SSSR count). The van der Waals surface area contributed by atoms with E-state index in [1.807, 2.05) is 30.3 Å². The Morgan fingerprint density at radius 3 is 2.28 bits per heavy atom. The molecule has 0 fully saturated rings. The number of benzene rings is 2. The van der Waals surface area contributed by atoms with Crippen LogP contribution in [-0.4, -0.2) is 9.99 Å². The minimum Gasteiger partial charge on any atom is -0.288 e. The molecule has 1 atom stereocenters. The minimum atomic E-state index is -1.35. The first-order chi connectivity index (χ1) is 8.77. The van der Waals surface area contributed by atoms with Crippen LogP contribution < -0.4 is 0 Å². The van der Waals surface area contributed by atoms with Crippen molar-refractivity contribution in [1.82, 2.24) is 0 Å². The van der Waals surface area contributed by atoms with Gasteiger partial charge >= 0.3 is 0 Å². The molecule has 0 N–H and O–H groups in total. The minimum absolute atomic E-state index is 0.132. The number of allylic oxidation sites excluding steroid dienone is 1. The van der Waals surface area contributed by atoms with E-state index in [0.717, 1.165) is 5.56 Å². The number of Topliss-reactive ketones (excluding diaryl/α,β-unsaturated/α-hetero) is 1. The molecule has 0 amide bonds. The van der Waals surface area contributed by atoms with E-state index in [-0.39, 0.29) is 5.78 Å². The molecular formula is C15H10O2S. The van der Waals surface area contributed by atoms with Crippen molar-refractivity contribution in [3.63, 3.8) is 0 Å². The molecule has 1 unspecified atom stereocenters. The molecule has 0 radical (unpaired) electrons. The maximum atomic E-state index is 12.2. The predicted molar refractivity (Wildman–Crippen MR) is 71.6 cm³/mol. The van der Waals surface area contributed by atoms with E-state index in [1.54, 1.807) is 30.3 Å². The van der Waals surface area contributed by atoms with E-state index >= 15 is 0 Å². The van der Waals surface area contributed by atoms with Gasteiger partial charge in [0.05, 0.1) is 20.6 Å². The van der Waals surface area contributed by atoms with Crippen LogP contribution in [0.25, 0.3) is 6.08 Å². The maximum Gasteiger partial charge on any atom is 0.203 e. The first-order valence-electron chi connectivity index (χ1n) is 5.59. The van der Waals surface area contributed by atoms with E-state index in [2.05, 4.69) is 0 Å². The highest BCUT2D eigenvalue weighted by Crippen LogP contribution is 2.31. The molecule has 1 heterocycles. The van der Waals surface area contributed by atoms with Crippen molar-refractivity contribution >= 4 is 22.7 Å². The molecule has 0 aliphatic carbocycles. The highest BCUT2D eigenvalue weighted by atomic mass is 32.2. The maximum absolute atomic E-state index is 12.2. The number of carbonyl (C=O) groups excluding carboxylic acids is 1. The number of rotatable bonds is 1. The molecule has 0 saturated heterocycles. The summed E-state index contributed by atoms with van der Waals surface area (Å²) in [5, 5.41) is 0. The normalized spacial score (nSPS) is 20.1. The molecule has 1 aliphatic rings. The van der Waals surface area contributed by atoms with Gasteiger partial charge in [0.2, 0.25) is 5.78 Å². The van der Waals surface area contributed by atoms with Gasteiger partial charge in [0.15, 0.2) is 0 Å².